The highest BCUT2D eigenvalue weighted by molar-refractivity contribution is 7.94. The van der Waals surface area contributed by atoms with Gasteiger partial charge in [-0.1, -0.05) is 13.3 Å². The molecule has 0 rings (SSSR count). The van der Waals surface area contributed by atoms with E-state index in [0.29, 0.717) is 5.75 Å². The van der Waals surface area contributed by atoms with E-state index in [1.54, 1.807) is 6.26 Å². The first kappa shape index (κ1) is 9.60. The molecule has 0 radical (unpaired) electrons. The van der Waals surface area contributed by atoms with Crippen LogP contribution in [0.1, 0.15) is 13.3 Å². The molecule has 0 saturated carbocycles. The second-order valence-electron chi connectivity index (χ2n) is 1.92. The summed E-state index contributed by atoms with van der Waals surface area (Å²) in [6, 6.07) is 0. The Balaban J connectivity index is 3.19. The molecule has 0 saturated heterocycles. The van der Waals surface area contributed by atoms with Gasteiger partial charge in [0.05, 0.1) is 12.0 Å². The third-order valence-corrected chi connectivity index (χ3v) is 2.04. The van der Waals surface area contributed by atoms with E-state index in [0.717, 1.165) is 18.5 Å². The second kappa shape index (κ2) is 6.72. The van der Waals surface area contributed by atoms with Crippen LogP contribution in [0.4, 0.5) is 0 Å². The lowest BCUT2D eigenvalue weighted by atomic mass is 10.1. The fraction of sp³-hybridized carbons (Fsp3) is 0.833. The average Bonchev–Trinajstić information content (AvgIpc) is 1.99. The zero-order chi connectivity index (χ0) is 7.82. The van der Waals surface area contributed by atoms with Crippen molar-refractivity contribution in [2.45, 2.75) is 13.3 Å². The number of aliphatic hydroxyl groups is 1. The van der Waals surface area contributed by atoms with E-state index in [2.05, 4.69) is 4.18 Å². The molecule has 58 valence electrons. The van der Waals surface area contributed by atoms with Gasteiger partial charge in [0.1, 0.15) is 0 Å². The Morgan fingerprint density at radius 1 is 1.80 bits per heavy atom. The van der Waals surface area contributed by atoms with Gasteiger partial charge in [-0.25, -0.2) is 0 Å². The molecular formula is C6H11NO2S. The van der Waals surface area contributed by atoms with E-state index in [1.807, 2.05) is 6.92 Å². The zero-order valence-electron chi connectivity index (χ0n) is 5.91. The number of hydrogen-bond acceptors (Lipinski definition) is 4. The summed E-state index contributed by atoms with van der Waals surface area (Å²) in [4.78, 5) is 0. The molecule has 0 fully saturated rings. The summed E-state index contributed by atoms with van der Waals surface area (Å²) >= 11 is 1.09. The van der Waals surface area contributed by atoms with Crippen molar-refractivity contribution in [1.29, 1.82) is 5.26 Å². The van der Waals surface area contributed by atoms with Crippen molar-refractivity contribution in [2.75, 3.05) is 12.4 Å². The van der Waals surface area contributed by atoms with Gasteiger partial charge in [0.25, 0.3) is 6.26 Å². The number of nitrogens with zero attached hydrogens (tertiary/aromatic N) is 1. The summed E-state index contributed by atoms with van der Waals surface area (Å²) in [7, 11) is 0. The van der Waals surface area contributed by atoms with Gasteiger partial charge in [0.2, 0.25) is 0 Å². The molecule has 0 amide bonds. The molecule has 0 aromatic heterocycles. The van der Waals surface area contributed by atoms with Crippen molar-refractivity contribution in [3.63, 3.8) is 0 Å². The van der Waals surface area contributed by atoms with Crippen molar-refractivity contribution in [2.24, 2.45) is 5.92 Å². The minimum absolute atomic E-state index is 0.165. The lowest BCUT2D eigenvalue weighted by Gasteiger charge is -2.06. The van der Waals surface area contributed by atoms with E-state index in [1.165, 1.54) is 0 Å². The van der Waals surface area contributed by atoms with Crippen molar-refractivity contribution in [1.82, 2.24) is 0 Å². The quantitative estimate of drug-likeness (QED) is 0.373. The second-order valence-corrected chi connectivity index (χ2v) is 2.65. The van der Waals surface area contributed by atoms with E-state index in [-0.39, 0.29) is 12.5 Å². The monoisotopic (exact) mass is 161 g/mol. The number of hydrogen-bond donors (Lipinski definition) is 1. The normalized spacial score (nSPS) is 12.1. The maximum absolute atomic E-state index is 8.67. The highest BCUT2D eigenvalue weighted by atomic mass is 32.2. The van der Waals surface area contributed by atoms with Gasteiger partial charge < -0.3 is 9.29 Å². The van der Waals surface area contributed by atoms with Crippen LogP contribution in [0.2, 0.25) is 0 Å². The first-order chi connectivity index (χ1) is 4.85. The molecule has 1 N–H and O–H groups in total. The van der Waals surface area contributed by atoms with E-state index in [4.69, 9.17) is 10.4 Å². The number of aliphatic hydroxyl groups excluding tert-OH is 1. The van der Waals surface area contributed by atoms with Gasteiger partial charge in [-0.05, 0) is 5.92 Å². The fourth-order valence-electron chi connectivity index (χ4n) is 0.456. The molecular weight excluding hydrogens is 150 g/mol. The lowest BCUT2D eigenvalue weighted by molar-refractivity contribution is 0.236. The smallest absolute Gasteiger partial charge is 0.299 e. The molecule has 0 aromatic rings. The van der Waals surface area contributed by atoms with Crippen molar-refractivity contribution in [3.8, 4) is 6.26 Å². The molecule has 0 aliphatic carbocycles. The lowest BCUT2D eigenvalue weighted by Crippen LogP contribution is -2.07. The minimum atomic E-state index is 0.165. The first-order valence-corrected chi connectivity index (χ1v) is 4.04. The summed E-state index contributed by atoms with van der Waals surface area (Å²) in [6.45, 7) is 2.16. The summed E-state index contributed by atoms with van der Waals surface area (Å²) in [6.07, 6.45) is 2.47. The van der Waals surface area contributed by atoms with Crippen LogP contribution in [0.3, 0.4) is 0 Å². The molecule has 0 heterocycles. The van der Waals surface area contributed by atoms with Crippen molar-refractivity contribution >= 4 is 12.0 Å². The van der Waals surface area contributed by atoms with Gasteiger partial charge in [0.15, 0.2) is 0 Å². The summed E-state index contributed by atoms with van der Waals surface area (Å²) in [5, 5.41) is 16.6. The molecule has 1 atom stereocenters. The summed E-state index contributed by atoms with van der Waals surface area (Å²) in [5.41, 5.74) is 0. The topological polar surface area (TPSA) is 53.2 Å². The third-order valence-electron chi connectivity index (χ3n) is 1.24. The standard InChI is InChI=1S/C6H11NO2S/c1-2-6(3-8)4-10-9-5-7/h6,8H,2-4H2,1H3. The molecule has 4 heteroatoms. The van der Waals surface area contributed by atoms with Crippen LogP contribution < -0.4 is 0 Å². The molecule has 0 spiro atoms. The van der Waals surface area contributed by atoms with Crippen molar-refractivity contribution < 1.29 is 9.29 Å². The Morgan fingerprint density at radius 3 is 2.90 bits per heavy atom. The van der Waals surface area contributed by atoms with Crippen LogP contribution in [0.15, 0.2) is 0 Å². The molecule has 3 nitrogen and oxygen atoms in total. The van der Waals surface area contributed by atoms with Gasteiger partial charge in [-0.3, -0.25) is 0 Å². The molecule has 0 aliphatic rings. The van der Waals surface area contributed by atoms with Crippen LogP contribution in [-0.4, -0.2) is 17.5 Å². The SMILES string of the molecule is CCC(CO)CSOC#N. The van der Waals surface area contributed by atoms with Crippen LogP contribution in [0.5, 0.6) is 0 Å². The van der Waals surface area contributed by atoms with E-state index >= 15 is 0 Å². The zero-order valence-corrected chi connectivity index (χ0v) is 6.73. The Kier molecular flexibility index (Phi) is 6.45. The Morgan fingerprint density at radius 2 is 2.50 bits per heavy atom. The Labute approximate surface area is 65.2 Å². The number of nitriles is 1. The maximum Gasteiger partial charge on any atom is 0.299 e. The first-order valence-electron chi connectivity index (χ1n) is 3.13. The Hall–Kier alpha value is -0.400. The number of rotatable bonds is 5. The Bertz CT molecular complexity index is 109. The van der Waals surface area contributed by atoms with Crippen LogP contribution in [0, 0.1) is 17.4 Å². The fourth-order valence-corrected chi connectivity index (χ4v) is 1.11. The summed E-state index contributed by atoms with van der Waals surface area (Å²) in [5.74, 6) is 0.930. The highest BCUT2D eigenvalue weighted by Gasteiger charge is 2.04. The van der Waals surface area contributed by atoms with Gasteiger partial charge in [0, 0.05) is 12.4 Å². The van der Waals surface area contributed by atoms with Crippen LogP contribution in [0.25, 0.3) is 0 Å². The predicted molar refractivity (Wildman–Crippen MR) is 40.0 cm³/mol. The van der Waals surface area contributed by atoms with E-state index < -0.39 is 0 Å². The molecule has 0 aromatic carbocycles. The highest BCUT2D eigenvalue weighted by Crippen LogP contribution is 2.11. The van der Waals surface area contributed by atoms with Gasteiger partial charge in [-0.15, -0.1) is 5.26 Å². The average molecular weight is 161 g/mol. The largest absolute Gasteiger partial charge is 0.396 e. The molecule has 0 bridgehead atoms. The molecule has 0 aliphatic heterocycles. The third kappa shape index (κ3) is 4.48. The molecule has 1 unspecified atom stereocenters. The maximum atomic E-state index is 8.67. The molecule has 10 heavy (non-hydrogen) atoms. The predicted octanol–water partition coefficient (Wildman–Crippen LogP) is 1.15. The summed E-state index contributed by atoms with van der Waals surface area (Å²) < 4.78 is 4.38. The van der Waals surface area contributed by atoms with E-state index in [9.17, 15) is 0 Å². The van der Waals surface area contributed by atoms with Crippen LogP contribution in [-0.2, 0) is 4.18 Å². The van der Waals surface area contributed by atoms with Gasteiger partial charge >= 0.3 is 0 Å². The van der Waals surface area contributed by atoms with Crippen molar-refractivity contribution in [3.05, 3.63) is 0 Å². The van der Waals surface area contributed by atoms with Crippen LogP contribution >= 0.6 is 12.0 Å². The van der Waals surface area contributed by atoms with Gasteiger partial charge in [-0.2, -0.15) is 0 Å². The minimum Gasteiger partial charge on any atom is -0.396 e.